The van der Waals surface area contributed by atoms with Crippen LogP contribution in [0.2, 0.25) is 0 Å². The van der Waals surface area contributed by atoms with E-state index in [4.69, 9.17) is 9.84 Å². The molecule has 0 aliphatic carbocycles. The number of aromatic amines is 1. The Morgan fingerprint density at radius 3 is 2.51 bits per heavy atom. The maximum Gasteiger partial charge on any atom is 0.407 e. The van der Waals surface area contributed by atoms with Crippen molar-refractivity contribution in [3.05, 3.63) is 51.9 Å². The number of hydrogen-bond acceptors (Lipinski definition) is 6. The predicted molar refractivity (Wildman–Crippen MR) is 146 cm³/mol. The molecule has 1 aromatic carbocycles. The van der Waals surface area contributed by atoms with Gasteiger partial charge in [0.25, 0.3) is 11.5 Å². The number of hydrogen-bond donors (Lipinski definition) is 3. The number of anilines is 2. The van der Waals surface area contributed by atoms with E-state index in [1.807, 2.05) is 40.8 Å². The first kappa shape index (κ1) is 25.4. The summed E-state index contributed by atoms with van der Waals surface area (Å²) in [6.45, 7) is 6.07. The normalized spacial score (nSPS) is 22.3. The summed E-state index contributed by atoms with van der Waals surface area (Å²) in [5.41, 5.74) is 2.28. The molecule has 2 bridgehead atoms. The summed E-state index contributed by atoms with van der Waals surface area (Å²) in [4.78, 5) is 43.8. The Morgan fingerprint density at radius 2 is 1.87 bits per heavy atom. The Balaban J connectivity index is 1.29. The van der Waals surface area contributed by atoms with E-state index in [0.717, 1.165) is 30.5 Å². The van der Waals surface area contributed by atoms with Crippen LogP contribution in [0.3, 0.4) is 0 Å². The SMILES string of the molecule is CCC1(n2nc(Nc3ccc(C(=O)N4CC5CCC(C4)O5)c(C)c3)c3c(=O)[nH]ccc32)CCN(C(=O)O)CC1. The lowest BCUT2D eigenvalue weighted by Crippen LogP contribution is -2.47. The minimum absolute atomic E-state index is 0.0167. The number of carbonyl (C=O) groups is 2. The van der Waals surface area contributed by atoms with Crippen molar-refractivity contribution in [1.29, 1.82) is 0 Å². The number of nitrogens with zero attached hydrogens (tertiary/aromatic N) is 4. The number of amides is 2. The lowest BCUT2D eigenvalue weighted by molar-refractivity contribution is -0.0303. The van der Waals surface area contributed by atoms with Crippen LogP contribution in [0.25, 0.3) is 10.9 Å². The van der Waals surface area contributed by atoms with E-state index in [1.165, 1.54) is 4.90 Å². The molecule has 3 aliphatic heterocycles. The van der Waals surface area contributed by atoms with E-state index in [0.29, 0.717) is 61.3 Å². The molecule has 2 amide bonds. The fourth-order valence-corrected chi connectivity index (χ4v) is 6.42. The third kappa shape index (κ3) is 4.44. The highest BCUT2D eigenvalue weighted by Gasteiger charge is 2.39. The van der Waals surface area contributed by atoms with Crippen LogP contribution in [0.1, 0.15) is 54.9 Å². The molecular formula is C28H34N6O5. The van der Waals surface area contributed by atoms with Gasteiger partial charge in [-0.1, -0.05) is 6.92 Å². The van der Waals surface area contributed by atoms with Gasteiger partial charge in [-0.3, -0.25) is 14.3 Å². The number of piperidine rings is 1. The van der Waals surface area contributed by atoms with Gasteiger partial charge in [0.2, 0.25) is 0 Å². The Kier molecular flexibility index (Phi) is 6.33. The Bertz CT molecular complexity index is 1480. The van der Waals surface area contributed by atoms with Crippen LogP contribution >= 0.6 is 0 Å². The number of H-pyrrole nitrogens is 1. The molecule has 6 rings (SSSR count). The van der Waals surface area contributed by atoms with E-state index >= 15 is 0 Å². The van der Waals surface area contributed by atoms with Crippen LogP contribution in [-0.2, 0) is 10.3 Å². The van der Waals surface area contributed by atoms with Gasteiger partial charge in [-0.05, 0) is 68.9 Å². The molecule has 3 saturated heterocycles. The number of pyridine rings is 1. The number of aromatic nitrogens is 3. The van der Waals surface area contributed by atoms with Crippen LogP contribution in [-0.4, -0.2) is 80.1 Å². The number of benzene rings is 1. The quantitative estimate of drug-likeness (QED) is 0.455. The van der Waals surface area contributed by atoms with Crippen molar-refractivity contribution in [2.45, 2.75) is 63.7 Å². The van der Waals surface area contributed by atoms with Crippen molar-refractivity contribution in [2.24, 2.45) is 0 Å². The minimum Gasteiger partial charge on any atom is -0.465 e. The van der Waals surface area contributed by atoms with Crippen molar-refractivity contribution in [2.75, 3.05) is 31.5 Å². The van der Waals surface area contributed by atoms with Gasteiger partial charge in [0, 0.05) is 43.6 Å². The topological polar surface area (TPSA) is 133 Å². The second-order valence-electron chi connectivity index (χ2n) is 11.0. The molecule has 11 heteroatoms. The van der Waals surface area contributed by atoms with Gasteiger partial charge in [-0.2, -0.15) is 5.10 Å². The van der Waals surface area contributed by atoms with Crippen LogP contribution in [0, 0.1) is 6.92 Å². The first-order valence-corrected chi connectivity index (χ1v) is 13.7. The summed E-state index contributed by atoms with van der Waals surface area (Å²) in [7, 11) is 0. The highest BCUT2D eigenvalue weighted by molar-refractivity contribution is 5.97. The fourth-order valence-electron chi connectivity index (χ4n) is 6.42. The molecule has 5 heterocycles. The molecular weight excluding hydrogens is 500 g/mol. The minimum atomic E-state index is -0.915. The van der Waals surface area contributed by atoms with Crippen molar-refractivity contribution in [3.63, 3.8) is 0 Å². The zero-order valence-electron chi connectivity index (χ0n) is 22.3. The molecule has 11 nitrogen and oxygen atoms in total. The zero-order valence-corrected chi connectivity index (χ0v) is 22.3. The second-order valence-corrected chi connectivity index (χ2v) is 11.0. The molecule has 3 fully saturated rings. The molecule has 2 unspecified atom stereocenters. The second kappa shape index (κ2) is 9.71. The van der Waals surface area contributed by atoms with Gasteiger partial charge in [-0.25, -0.2) is 4.79 Å². The first-order chi connectivity index (χ1) is 18.8. The summed E-state index contributed by atoms with van der Waals surface area (Å²) in [5.74, 6) is 0.451. The van der Waals surface area contributed by atoms with Crippen molar-refractivity contribution in [1.82, 2.24) is 24.6 Å². The average Bonchev–Trinajstić information content (AvgIpc) is 3.48. The molecule has 3 aromatic rings. The van der Waals surface area contributed by atoms with E-state index in [1.54, 1.807) is 6.20 Å². The molecule has 2 aromatic heterocycles. The third-order valence-electron chi connectivity index (χ3n) is 8.73. The third-order valence-corrected chi connectivity index (χ3v) is 8.73. The van der Waals surface area contributed by atoms with Crippen LogP contribution in [0.15, 0.2) is 35.3 Å². The number of nitrogens with one attached hydrogen (secondary N) is 2. The summed E-state index contributed by atoms with van der Waals surface area (Å²) >= 11 is 0. The Hall–Kier alpha value is -3.86. The predicted octanol–water partition coefficient (Wildman–Crippen LogP) is 3.66. The van der Waals surface area contributed by atoms with E-state index in [-0.39, 0.29) is 23.7 Å². The summed E-state index contributed by atoms with van der Waals surface area (Å²) in [6.07, 6.45) is 4.96. The molecule has 0 saturated carbocycles. The van der Waals surface area contributed by atoms with Crippen molar-refractivity contribution in [3.8, 4) is 0 Å². The maximum absolute atomic E-state index is 13.3. The van der Waals surface area contributed by atoms with Gasteiger partial charge in [-0.15, -0.1) is 0 Å². The molecule has 3 aliphatic rings. The van der Waals surface area contributed by atoms with Gasteiger partial charge in [0.15, 0.2) is 5.82 Å². The Labute approximate surface area is 225 Å². The standard InChI is InChI=1S/C28H34N6O5/c1-3-28(9-12-32(13-10-28)27(37)38)34-22-8-11-29-25(35)23(22)24(31-34)30-18-4-7-21(17(2)14-18)26(36)33-15-19-5-6-20(16-33)39-19/h4,7-8,11,14,19-20H,3,5-6,9-10,12-13,15-16H2,1-2H3,(H,29,35)(H,30,31)(H,37,38). The molecule has 206 valence electrons. The average molecular weight is 535 g/mol. The van der Waals surface area contributed by atoms with E-state index < -0.39 is 11.6 Å². The number of ether oxygens (including phenoxy) is 1. The van der Waals surface area contributed by atoms with Gasteiger partial charge in [0.1, 0.15) is 5.39 Å². The highest BCUT2D eigenvalue weighted by Crippen LogP contribution is 2.37. The number of rotatable bonds is 5. The summed E-state index contributed by atoms with van der Waals surface area (Å²) < 4.78 is 7.79. The number of morpholine rings is 1. The zero-order chi connectivity index (χ0) is 27.3. The summed E-state index contributed by atoms with van der Waals surface area (Å²) in [6, 6.07) is 7.43. The molecule has 3 N–H and O–H groups in total. The molecule has 2 atom stereocenters. The first-order valence-electron chi connectivity index (χ1n) is 13.7. The number of aryl methyl sites for hydroxylation is 1. The number of carbonyl (C=O) groups excluding carboxylic acids is 1. The number of likely N-dealkylation sites (tertiary alicyclic amines) is 2. The Morgan fingerprint density at radius 1 is 1.15 bits per heavy atom. The van der Waals surface area contributed by atoms with Crippen molar-refractivity contribution >= 4 is 34.4 Å². The molecule has 39 heavy (non-hydrogen) atoms. The lowest BCUT2D eigenvalue weighted by Gasteiger charge is -2.41. The maximum atomic E-state index is 13.3. The summed E-state index contributed by atoms with van der Waals surface area (Å²) in [5, 5.41) is 18.1. The van der Waals surface area contributed by atoms with Crippen LogP contribution in [0.4, 0.5) is 16.3 Å². The number of fused-ring (bicyclic) bond motifs is 3. The molecule has 0 spiro atoms. The van der Waals surface area contributed by atoms with Gasteiger partial charge < -0.3 is 29.9 Å². The largest absolute Gasteiger partial charge is 0.465 e. The van der Waals surface area contributed by atoms with E-state index in [2.05, 4.69) is 17.2 Å². The number of carboxylic acid groups (broad SMARTS) is 1. The molecule has 0 radical (unpaired) electrons. The van der Waals surface area contributed by atoms with Gasteiger partial charge in [0.05, 0.1) is 23.3 Å². The van der Waals surface area contributed by atoms with Gasteiger partial charge >= 0.3 is 6.09 Å². The fraction of sp³-hybridized carbons (Fsp3) is 0.500. The highest BCUT2D eigenvalue weighted by atomic mass is 16.5. The monoisotopic (exact) mass is 534 g/mol. The van der Waals surface area contributed by atoms with Crippen LogP contribution < -0.4 is 10.9 Å². The van der Waals surface area contributed by atoms with E-state index in [9.17, 15) is 19.5 Å². The lowest BCUT2D eigenvalue weighted by atomic mass is 9.85. The smallest absolute Gasteiger partial charge is 0.407 e. The van der Waals surface area contributed by atoms with Crippen LogP contribution in [0.5, 0.6) is 0 Å². The van der Waals surface area contributed by atoms with Crippen molar-refractivity contribution < 1.29 is 19.4 Å².